The topological polar surface area (TPSA) is 97.1 Å². The highest BCUT2D eigenvalue weighted by Gasteiger charge is 2.28. The highest BCUT2D eigenvalue weighted by molar-refractivity contribution is 6.02. The van der Waals surface area contributed by atoms with E-state index in [1.54, 1.807) is 6.20 Å². The van der Waals surface area contributed by atoms with Gasteiger partial charge in [0.25, 0.3) is 5.91 Å². The minimum atomic E-state index is -0.589. The molecule has 2 amide bonds. The van der Waals surface area contributed by atoms with Crippen LogP contribution in [0.25, 0.3) is 0 Å². The van der Waals surface area contributed by atoms with Crippen molar-refractivity contribution in [3.8, 4) is 0 Å². The van der Waals surface area contributed by atoms with Crippen LogP contribution in [0.15, 0.2) is 36.5 Å². The van der Waals surface area contributed by atoms with E-state index in [0.29, 0.717) is 17.8 Å². The van der Waals surface area contributed by atoms with E-state index in [9.17, 15) is 9.59 Å². The number of nitrogens with zero attached hydrogens (tertiary/aromatic N) is 1. The molecule has 25 heavy (non-hydrogen) atoms. The summed E-state index contributed by atoms with van der Waals surface area (Å²) in [5.74, 6) is 0.108. The molecule has 0 saturated carbocycles. The van der Waals surface area contributed by atoms with Gasteiger partial charge in [0, 0.05) is 24.2 Å². The molecule has 0 spiro atoms. The van der Waals surface area contributed by atoms with Crippen LogP contribution in [0.2, 0.25) is 0 Å². The van der Waals surface area contributed by atoms with Crippen LogP contribution < -0.4 is 16.4 Å². The molecule has 1 aromatic carbocycles. The van der Waals surface area contributed by atoms with Crippen molar-refractivity contribution in [2.24, 2.45) is 5.73 Å². The van der Waals surface area contributed by atoms with Gasteiger partial charge in [-0.05, 0) is 54.2 Å². The van der Waals surface area contributed by atoms with Gasteiger partial charge >= 0.3 is 0 Å². The molecule has 0 fully saturated rings. The lowest BCUT2D eigenvalue weighted by atomic mass is 9.87. The molecule has 6 heteroatoms. The first-order chi connectivity index (χ1) is 12.1. The highest BCUT2D eigenvalue weighted by Crippen LogP contribution is 2.23. The van der Waals surface area contributed by atoms with Gasteiger partial charge in [0.15, 0.2) is 0 Å². The number of nitrogens with one attached hydrogen (secondary N) is 2. The van der Waals surface area contributed by atoms with Crippen LogP contribution in [-0.4, -0.2) is 28.9 Å². The second kappa shape index (κ2) is 6.29. The number of rotatable bonds is 2. The Morgan fingerprint density at radius 3 is 2.96 bits per heavy atom. The zero-order valence-electron chi connectivity index (χ0n) is 13.8. The lowest BCUT2D eigenvalue weighted by Crippen LogP contribution is -2.47. The van der Waals surface area contributed by atoms with Crippen molar-refractivity contribution < 1.29 is 9.59 Å². The van der Waals surface area contributed by atoms with Crippen molar-refractivity contribution in [3.63, 3.8) is 0 Å². The third-order valence-corrected chi connectivity index (χ3v) is 4.91. The lowest BCUT2D eigenvalue weighted by molar-refractivity contribution is -0.118. The van der Waals surface area contributed by atoms with Gasteiger partial charge < -0.3 is 16.4 Å². The average molecular weight is 336 g/mol. The fourth-order valence-electron chi connectivity index (χ4n) is 3.51. The molecule has 0 bridgehead atoms. The molecule has 4 rings (SSSR count). The molecule has 0 radical (unpaired) electrons. The van der Waals surface area contributed by atoms with E-state index >= 15 is 0 Å². The average Bonchev–Trinajstić information content (AvgIpc) is 2.61. The Balaban J connectivity index is 1.50. The number of hydrogen-bond donors (Lipinski definition) is 3. The summed E-state index contributed by atoms with van der Waals surface area (Å²) >= 11 is 0. The summed E-state index contributed by atoms with van der Waals surface area (Å²) < 4.78 is 0. The number of aryl methyl sites for hydroxylation is 1. The Morgan fingerprint density at radius 1 is 1.20 bits per heavy atom. The maximum atomic E-state index is 12.6. The molecule has 2 heterocycles. The SMILES string of the molecule is NC1CCc2cc(C(=O)NC3Cc4cccnc4NC3=O)ccc2C1. The van der Waals surface area contributed by atoms with Crippen LogP contribution in [0.1, 0.15) is 33.5 Å². The van der Waals surface area contributed by atoms with Crippen LogP contribution in [0, 0.1) is 0 Å². The minimum absolute atomic E-state index is 0.201. The van der Waals surface area contributed by atoms with Gasteiger partial charge in [0.2, 0.25) is 5.91 Å². The van der Waals surface area contributed by atoms with Crippen molar-refractivity contribution in [2.75, 3.05) is 5.32 Å². The van der Waals surface area contributed by atoms with E-state index in [2.05, 4.69) is 15.6 Å². The molecule has 2 aliphatic rings. The number of carbonyl (C=O) groups is 2. The molecule has 2 atom stereocenters. The number of anilines is 1. The summed E-state index contributed by atoms with van der Waals surface area (Å²) in [7, 11) is 0. The zero-order chi connectivity index (χ0) is 17.4. The summed E-state index contributed by atoms with van der Waals surface area (Å²) in [5, 5.41) is 5.58. The van der Waals surface area contributed by atoms with Crippen LogP contribution in [-0.2, 0) is 24.1 Å². The number of fused-ring (bicyclic) bond motifs is 2. The minimum Gasteiger partial charge on any atom is -0.340 e. The molecule has 6 nitrogen and oxygen atoms in total. The molecular weight excluding hydrogens is 316 g/mol. The normalized spacial score (nSPS) is 21.7. The van der Waals surface area contributed by atoms with Gasteiger partial charge in [-0.25, -0.2) is 4.98 Å². The predicted octanol–water partition coefficient (Wildman–Crippen LogP) is 1.19. The van der Waals surface area contributed by atoms with E-state index in [-0.39, 0.29) is 17.9 Å². The third kappa shape index (κ3) is 3.13. The number of benzene rings is 1. The summed E-state index contributed by atoms with van der Waals surface area (Å²) in [6.07, 6.45) is 4.76. The van der Waals surface area contributed by atoms with E-state index in [4.69, 9.17) is 5.73 Å². The van der Waals surface area contributed by atoms with Gasteiger partial charge in [-0.3, -0.25) is 9.59 Å². The van der Waals surface area contributed by atoms with Gasteiger partial charge in [-0.1, -0.05) is 12.1 Å². The maximum absolute atomic E-state index is 12.6. The van der Waals surface area contributed by atoms with Crippen LogP contribution >= 0.6 is 0 Å². The third-order valence-electron chi connectivity index (χ3n) is 4.91. The molecule has 1 aliphatic heterocycles. The van der Waals surface area contributed by atoms with E-state index in [1.807, 2.05) is 30.3 Å². The maximum Gasteiger partial charge on any atom is 0.251 e. The van der Waals surface area contributed by atoms with Gasteiger partial charge in [-0.15, -0.1) is 0 Å². The first-order valence-electron chi connectivity index (χ1n) is 8.53. The summed E-state index contributed by atoms with van der Waals surface area (Å²) in [5.41, 5.74) is 9.89. The second-order valence-electron chi connectivity index (χ2n) is 6.72. The molecule has 1 aliphatic carbocycles. The smallest absolute Gasteiger partial charge is 0.251 e. The van der Waals surface area contributed by atoms with Crippen LogP contribution in [0.4, 0.5) is 5.82 Å². The second-order valence-corrected chi connectivity index (χ2v) is 6.72. The summed E-state index contributed by atoms with van der Waals surface area (Å²) in [4.78, 5) is 28.9. The van der Waals surface area contributed by atoms with Gasteiger partial charge in [0.1, 0.15) is 11.9 Å². The number of amides is 2. The Kier molecular flexibility index (Phi) is 3.97. The van der Waals surface area contributed by atoms with Gasteiger partial charge in [-0.2, -0.15) is 0 Å². The van der Waals surface area contributed by atoms with E-state index in [0.717, 1.165) is 24.8 Å². The molecule has 0 saturated heterocycles. The number of pyridine rings is 1. The number of aromatic nitrogens is 1. The fraction of sp³-hybridized carbons (Fsp3) is 0.316. The monoisotopic (exact) mass is 336 g/mol. The standard InChI is InChI=1S/C19H20N4O2/c20-15-6-5-11-8-14(4-3-12(11)9-15)18(24)22-16-10-13-2-1-7-21-17(13)23-19(16)25/h1-4,7-8,15-16H,5-6,9-10,20H2,(H,22,24)(H,21,23,25). The van der Waals surface area contributed by atoms with Crippen molar-refractivity contribution >= 4 is 17.6 Å². The largest absolute Gasteiger partial charge is 0.340 e. The molecule has 128 valence electrons. The molecular formula is C19H20N4O2. The van der Waals surface area contributed by atoms with Crippen LogP contribution in [0.3, 0.4) is 0 Å². The highest BCUT2D eigenvalue weighted by atomic mass is 16.2. The Morgan fingerprint density at radius 2 is 2.08 bits per heavy atom. The van der Waals surface area contributed by atoms with E-state index < -0.39 is 6.04 Å². The molecule has 1 aromatic heterocycles. The molecule has 2 unspecified atom stereocenters. The molecule has 4 N–H and O–H groups in total. The van der Waals surface area contributed by atoms with Crippen molar-refractivity contribution in [1.82, 2.24) is 10.3 Å². The lowest BCUT2D eigenvalue weighted by Gasteiger charge is -2.25. The Bertz CT molecular complexity index is 849. The zero-order valence-corrected chi connectivity index (χ0v) is 13.8. The summed E-state index contributed by atoms with van der Waals surface area (Å²) in [6, 6.07) is 9.05. The van der Waals surface area contributed by atoms with Crippen LogP contribution in [0.5, 0.6) is 0 Å². The number of carbonyl (C=O) groups excluding carboxylic acids is 2. The molecule has 2 aromatic rings. The Hall–Kier alpha value is -2.73. The fourth-order valence-corrected chi connectivity index (χ4v) is 3.51. The quantitative estimate of drug-likeness (QED) is 0.767. The first-order valence-corrected chi connectivity index (χ1v) is 8.53. The number of nitrogens with two attached hydrogens (primary N) is 1. The van der Waals surface area contributed by atoms with E-state index in [1.165, 1.54) is 11.1 Å². The predicted molar refractivity (Wildman–Crippen MR) is 94.3 cm³/mol. The Labute approximate surface area is 145 Å². The van der Waals surface area contributed by atoms with Crippen molar-refractivity contribution in [2.45, 2.75) is 37.8 Å². The van der Waals surface area contributed by atoms with Crippen molar-refractivity contribution in [3.05, 3.63) is 58.8 Å². The first kappa shape index (κ1) is 15.8. The summed E-state index contributed by atoms with van der Waals surface area (Å²) in [6.45, 7) is 0. The van der Waals surface area contributed by atoms with Gasteiger partial charge in [0.05, 0.1) is 0 Å². The van der Waals surface area contributed by atoms with Crippen molar-refractivity contribution in [1.29, 1.82) is 0 Å². The number of hydrogen-bond acceptors (Lipinski definition) is 4.